The molecule has 0 aliphatic rings. The number of benzene rings is 2. The zero-order valence-corrected chi connectivity index (χ0v) is 10.8. The molecule has 0 spiro atoms. The second kappa shape index (κ2) is 6.05. The maximum absolute atomic E-state index is 11.0. The average Bonchev–Trinajstić information content (AvgIpc) is 2.45. The zero-order chi connectivity index (χ0) is 13.7. The second-order valence-corrected chi connectivity index (χ2v) is 4.30. The second-order valence-electron chi connectivity index (χ2n) is 4.30. The molecule has 2 rings (SSSR count). The maximum atomic E-state index is 11.0. The molecule has 0 saturated carbocycles. The van der Waals surface area contributed by atoms with Gasteiger partial charge in [0.15, 0.2) is 0 Å². The minimum absolute atomic E-state index is 0.266. The molecule has 2 aromatic rings. The quantitative estimate of drug-likeness (QED) is 0.890. The summed E-state index contributed by atoms with van der Waals surface area (Å²) in [6.07, 6.45) is 0.781. The van der Waals surface area contributed by atoms with Crippen molar-refractivity contribution >= 4 is 5.97 Å². The van der Waals surface area contributed by atoms with Crippen LogP contribution in [0.25, 0.3) is 0 Å². The Morgan fingerprint density at radius 1 is 1.11 bits per heavy atom. The van der Waals surface area contributed by atoms with Gasteiger partial charge in [0, 0.05) is 0 Å². The van der Waals surface area contributed by atoms with E-state index < -0.39 is 5.97 Å². The smallest absolute Gasteiger partial charge is 0.335 e. The molecule has 0 saturated heterocycles. The molecule has 0 heterocycles. The Balaban J connectivity index is 2.15. The number of carboxylic acids is 1. The SMILES string of the molecule is CCc1cc(OCc2ccccc2)cc(C(=O)O)c1. The van der Waals surface area contributed by atoms with E-state index >= 15 is 0 Å². The van der Waals surface area contributed by atoms with E-state index in [0.717, 1.165) is 17.5 Å². The van der Waals surface area contributed by atoms with Crippen molar-refractivity contribution in [3.63, 3.8) is 0 Å². The molecule has 0 bridgehead atoms. The van der Waals surface area contributed by atoms with Crippen LogP contribution in [0.3, 0.4) is 0 Å². The van der Waals surface area contributed by atoms with Crippen LogP contribution in [-0.4, -0.2) is 11.1 Å². The van der Waals surface area contributed by atoms with Crippen molar-refractivity contribution in [2.24, 2.45) is 0 Å². The predicted octanol–water partition coefficient (Wildman–Crippen LogP) is 3.53. The van der Waals surface area contributed by atoms with E-state index in [2.05, 4.69) is 0 Å². The van der Waals surface area contributed by atoms with Gasteiger partial charge in [0.05, 0.1) is 5.56 Å². The molecule has 0 fully saturated rings. The van der Waals surface area contributed by atoms with Crippen LogP contribution in [0, 0.1) is 0 Å². The molecule has 0 radical (unpaired) electrons. The Morgan fingerprint density at radius 2 is 1.84 bits per heavy atom. The summed E-state index contributed by atoms with van der Waals surface area (Å²) >= 11 is 0. The molecule has 0 aliphatic heterocycles. The molecule has 0 aliphatic carbocycles. The van der Waals surface area contributed by atoms with Crippen LogP contribution >= 0.6 is 0 Å². The Labute approximate surface area is 112 Å². The first-order valence-electron chi connectivity index (χ1n) is 6.23. The molecule has 2 aromatic carbocycles. The first-order chi connectivity index (χ1) is 9.19. The van der Waals surface area contributed by atoms with Gasteiger partial charge in [-0.25, -0.2) is 4.79 Å². The van der Waals surface area contributed by atoms with Crippen molar-refractivity contribution in [2.75, 3.05) is 0 Å². The Bertz CT molecular complexity index is 561. The summed E-state index contributed by atoms with van der Waals surface area (Å²) < 4.78 is 5.66. The topological polar surface area (TPSA) is 46.5 Å². The van der Waals surface area contributed by atoms with Gasteiger partial charge in [0.2, 0.25) is 0 Å². The first-order valence-corrected chi connectivity index (χ1v) is 6.23. The summed E-state index contributed by atoms with van der Waals surface area (Å²) in [5.41, 5.74) is 2.28. The zero-order valence-electron chi connectivity index (χ0n) is 10.8. The van der Waals surface area contributed by atoms with E-state index in [1.54, 1.807) is 12.1 Å². The lowest BCUT2D eigenvalue weighted by atomic mass is 10.1. The van der Waals surface area contributed by atoms with Crippen molar-refractivity contribution in [2.45, 2.75) is 20.0 Å². The predicted molar refractivity (Wildman–Crippen MR) is 73.6 cm³/mol. The fraction of sp³-hybridized carbons (Fsp3) is 0.188. The van der Waals surface area contributed by atoms with E-state index in [-0.39, 0.29) is 5.56 Å². The van der Waals surface area contributed by atoms with E-state index in [1.165, 1.54) is 0 Å². The number of hydrogen-bond donors (Lipinski definition) is 1. The van der Waals surface area contributed by atoms with Crippen LogP contribution in [0.4, 0.5) is 0 Å². The molecule has 3 nitrogen and oxygen atoms in total. The maximum Gasteiger partial charge on any atom is 0.335 e. The van der Waals surface area contributed by atoms with Gasteiger partial charge >= 0.3 is 5.97 Å². The lowest BCUT2D eigenvalue weighted by molar-refractivity contribution is 0.0696. The van der Waals surface area contributed by atoms with Gasteiger partial charge in [-0.15, -0.1) is 0 Å². The monoisotopic (exact) mass is 256 g/mol. The molecular formula is C16H16O3. The van der Waals surface area contributed by atoms with Crippen LogP contribution in [0.1, 0.15) is 28.4 Å². The average molecular weight is 256 g/mol. The lowest BCUT2D eigenvalue weighted by Gasteiger charge is -2.09. The van der Waals surface area contributed by atoms with E-state index in [4.69, 9.17) is 9.84 Å². The van der Waals surface area contributed by atoms with Gasteiger partial charge in [-0.1, -0.05) is 37.3 Å². The van der Waals surface area contributed by atoms with E-state index in [9.17, 15) is 4.79 Å². The highest BCUT2D eigenvalue weighted by molar-refractivity contribution is 5.88. The summed E-state index contributed by atoms with van der Waals surface area (Å²) in [5, 5.41) is 9.06. The van der Waals surface area contributed by atoms with Gasteiger partial charge < -0.3 is 9.84 Å². The number of rotatable bonds is 5. The number of hydrogen-bond acceptors (Lipinski definition) is 2. The highest BCUT2D eigenvalue weighted by Crippen LogP contribution is 2.19. The normalized spacial score (nSPS) is 10.2. The molecule has 1 N–H and O–H groups in total. The Morgan fingerprint density at radius 3 is 2.47 bits per heavy atom. The minimum Gasteiger partial charge on any atom is -0.489 e. The van der Waals surface area contributed by atoms with E-state index in [1.807, 2.05) is 43.3 Å². The standard InChI is InChI=1S/C16H16O3/c1-2-12-8-14(16(17)18)10-15(9-12)19-11-13-6-4-3-5-7-13/h3-10H,2,11H2,1H3,(H,17,18). The van der Waals surface area contributed by atoms with Crippen molar-refractivity contribution in [3.8, 4) is 5.75 Å². The summed E-state index contributed by atoms with van der Waals surface area (Å²) in [6.45, 7) is 2.43. The molecule has 0 atom stereocenters. The minimum atomic E-state index is -0.931. The van der Waals surface area contributed by atoms with Crippen molar-refractivity contribution in [1.82, 2.24) is 0 Å². The third kappa shape index (κ3) is 3.58. The largest absolute Gasteiger partial charge is 0.489 e. The molecule has 3 heteroatoms. The number of ether oxygens (including phenoxy) is 1. The molecule has 19 heavy (non-hydrogen) atoms. The van der Waals surface area contributed by atoms with Crippen LogP contribution in [-0.2, 0) is 13.0 Å². The fourth-order valence-electron chi connectivity index (χ4n) is 1.81. The molecule has 98 valence electrons. The van der Waals surface area contributed by atoms with Gasteiger partial charge in [-0.3, -0.25) is 0 Å². The summed E-state index contributed by atoms with van der Waals surface area (Å²) in [6, 6.07) is 14.9. The molecule has 0 aromatic heterocycles. The lowest BCUT2D eigenvalue weighted by Crippen LogP contribution is -2.01. The highest BCUT2D eigenvalue weighted by atomic mass is 16.5. The third-order valence-electron chi connectivity index (χ3n) is 2.87. The number of carbonyl (C=O) groups is 1. The highest BCUT2D eigenvalue weighted by Gasteiger charge is 2.07. The number of carboxylic acid groups (broad SMARTS) is 1. The van der Waals surface area contributed by atoms with Gasteiger partial charge in [0.25, 0.3) is 0 Å². The van der Waals surface area contributed by atoms with Crippen molar-refractivity contribution in [3.05, 3.63) is 65.2 Å². The summed E-state index contributed by atoms with van der Waals surface area (Å²) in [4.78, 5) is 11.0. The summed E-state index contributed by atoms with van der Waals surface area (Å²) in [5.74, 6) is -0.333. The van der Waals surface area contributed by atoms with Gasteiger partial charge in [-0.2, -0.15) is 0 Å². The van der Waals surface area contributed by atoms with Crippen molar-refractivity contribution < 1.29 is 14.6 Å². The van der Waals surface area contributed by atoms with Crippen LogP contribution in [0.2, 0.25) is 0 Å². The van der Waals surface area contributed by atoms with Crippen molar-refractivity contribution in [1.29, 1.82) is 0 Å². The number of aromatic carboxylic acids is 1. The van der Waals surface area contributed by atoms with Crippen LogP contribution in [0.5, 0.6) is 5.75 Å². The van der Waals surface area contributed by atoms with Crippen LogP contribution in [0.15, 0.2) is 48.5 Å². The summed E-state index contributed by atoms with van der Waals surface area (Å²) in [7, 11) is 0. The molecular weight excluding hydrogens is 240 g/mol. The third-order valence-corrected chi connectivity index (χ3v) is 2.87. The number of aryl methyl sites for hydroxylation is 1. The fourth-order valence-corrected chi connectivity index (χ4v) is 1.81. The Kier molecular flexibility index (Phi) is 4.18. The molecule has 0 amide bonds. The first kappa shape index (κ1) is 13.1. The Hall–Kier alpha value is -2.29. The van der Waals surface area contributed by atoms with Crippen LogP contribution < -0.4 is 4.74 Å². The van der Waals surface area contributed by atoms with Gasteiger partial charge in [-0.05, 0) is 35.7 Å². The van der Waals surface area contributed by atoms with Gasteiger partial charge in [0.1, 0.15) is 12.4 Å². The molecule has 0 unspecified atom stereocenters. The van der Waals surface area contributed by atoms with E-state index in [0.29, 0.717) is 12.4 Å².